The molecule has 6 heteroatoms. The van der Waals surface area contributed by atoms with Crippen LogP contribution in [0.5, 0.6) is 0 Å². The number of hydrogen-bond donors (Lipinski definition) is 0. The fraction of sp³-hybridized carbons (Fsp3) is 0.500. The number of carbonyl (C=O) groups excluding carboxylic acids is 2. The van der Waals surface area contributed by atoms with Crippen molar-refractivity contribution in [2.75, 3.05) is 0 Å². The van der Waals surface area contributed by atoms with E-state index in [1.54, 1.807) is 0 Å². The van der Waals surface area contributed by atoms with Gasteiger partial charge in [0, 0.05) is 11.9 Å². The fourth-order valence-electron chi connectivity index (χ4n) is 0. The van der Waals surface area contributed by atoms with E-state index < -0.39 is 11.9 Å². The second kappa shape index (κ2) is 16.4. The van der Waals surface area contributed by atoms with Crippen LogP contribution in [0.4, 0.5) is 0 Å². The van der Waals surface area contributed by atoms with Gasteiger partial charge >= 0.3 is 56.9 Å². The number of carboxylic acids is 2. The summed E-state index contributed by atoms with van der Waals surface area (Å²) >= 11 is 0. The first-order chi connectivity index (χ1) is 3.46. The van der Waals surface area contributed by atoms with Crippen molar-refractivity contribution in [2.45, 2.75) is 13.8 Å². The predicted octanol–water partition coefficient (Wildman–Crippen LogP) is -5.86. The second-order valence-corrected chi connectivity index (χ2v) is 0.983. The van der Waals surface area contributed by atoms with Crippen LogP contribution in [0.15, 0.2) is 0 Å². The van der Waals surface area contributed by atoms with E-state index in [0.717, 1.165) is 13.8 Å². The molecule has 0 aromatic heterocycles. The van der Waals surface area contributed by atoms with E-state index in [4.69, 9.17) is 19.8 Å². The third-order valence-electron chi connectivity index (χ3n) is 0. The van der Waals surface area contributed by atoms with Crippen LogP contribution in [-0.2, 0) is 9.59 Å². The normalized spacial score (nSPS) is 5.00. The third kappa shape index (κ3) is 737. The Hall–Kier alpha value is 0.862. The molecule has 0 aromatic rings. The molecule has 0 aliphatic carbocycles. The van der Waals surface area contributed by atoms with Crippen LogP contribution in [0.2, 0.25) is 0 Å². The Morgan fingerprint density at radius 1 is 1.00 bits per heavy atom. The van der Waals surface area contributed by atoms with Gasteiger partial charge in [0.25, 0.3) is 0 Å². The smallest absolute Gasteiger partial charge is 0.550 e. The zero-order valence-corrected chi connectivity index (χ0v) is 12.0. The van der Waals surface area contributed by atoms with E-state index in [1.165, 1.54) is 0 Å². The van der Waals surface area contributed by atoms with Crippen molar-refractivity contribution >= 4 is 39.2 Å². The van der Waals surface area contributed by atoms with Crippen LogP contribution in [0.3, 0.4) is 0 Å². The first-order valence-electron chi connectivity index (χ1n) is 1.82. The molecule has 0 aliphatic heterocycles. The predicted molar refractivity (Wildman–Crippen MR) is 27.1 cm³/mol. The summed E-state index contributed by atoms with van der Waals surface area (Å²) in [6.45, 7) is 1.94. The van der Waals surface area contributed by atoms with Gasteiger partial charge in [0.05, 0.1) is 0 Å². The first-order valence-corrected chi connectivity index (χ1v) is 1.82. The first kappa shape index (κ1) is 22.4. The molecule has 0 saturated carbocycles. The van der Waals surface area contributed by atoms with Gasteiger partial charge in [-0.2, -0.15) is 0 Å². The zero-order valence-electron chi connectivity index (χ0n) is 6.13. The molecule has 50 valence electrons. The molecule has 2 radical (unpaired) electrons. The van der Waals surface area contributed by atoms with Crippen molar-refractivity contribution < 1.29 is 49.4 Å². The van der Waals surface area contributed by atoms with Gasteiger partial charge in [0.2, 0.25) is 0 Å². The number of hydrogen-bond acceptors (Lipinski definition) is 4. The van der Waals surface area contributed by atoms with Crippen LogP contribution in [0, 0.1) is 0 Å². The molecule has 0 N–H and O–H groups in total. The molecule has 0 saturated heterocycles. The summed E-state index contributed by atoms with van der Waals surface area (Å²) in [7, 11) is 0. The Kier molecular flexibility index (Phi) is 36.9. The monoisotopic (exact) mass is 349 g/mol. The van der Waals surface area contributed by atoms with E-state index in [2.05, 4.69) is 0 Å². The second-order valence-electron chi connectivity index (χ2n) is 0.983. The van der Waals surface area contributed by atoms with Crippen LogP contribution in [0.1, 0.15) is 13.8 Å². The minimum atomic E-state index is -1.08. The van der Waals surface area contributed by atoms with Crippen molar-refractivity contribution in [1.82, 2.24) is 0 Å². The summed E-state index contributed by atoms with van der Waals surface area (Å²) in [4.78, 5) is 17.8. The van der Waals surface area contributed by atoms with Gasteiger partial charge in [-0.05, 0) is 13.8 Å². The maximum Gasteiger partial charge on any atom is 2.00 e. The number of carbonyl (C=O) groups is 2. The molecule has 0 atom stereocenters. The van der Waals surface area contributed by atoms with E-state index in [0.29, 0.717) is 0 Å². The number of rotatable bonds is 0. The molecule has 10 heavy (non-hydrogen) atoms. The molecular formula is C4H6NaO4Pb+. The van der Waals surface area contributed by atoms with E-state index in [1.807, 2.05) is 0 Å². The Labute approximate surface area is 101 Å². The summed E-state index contributed by atoms with van der Waals surface area (Å²) in [5.41, 5.74) is 0. The maximum atomic E-state index is 8.89. The zero-order chi connectivity index (χ0) is 7.15. The van der Waals surface area contributed by atoms with Gasteiger partial charge in [0.1, 0.15) is 0 Å². The quantitative estimate of drug-likeness (QED) is 0.409. The van der Waals surface area contributed by atoms with Crippen LogP contribution in [-0.4, -0.2) is 39.2 Å². The van der Waals surface area contributed by atoms with Gasteiger partial charge in [-0.1, -0.05) is 0 Å². The largest absolute Gasteiger partial charge is 2.00 e. The van der Waals surface area contributed by atoms with Gasteiger partial charge in [-0.15, -0.1) is 0 Å². The topological polar surface area (TPSA) is 80.3 Å². The maximum absolute atomic E-state index is 8.89. The van der Waals surface area contributed by atoms with Gasteiger partial charge in [0.15, 0.2) is 0 Å². The Bertz CT molecular complexity index is 75.3. The number of carboxylic acid groups (broad SMARTS) is 2. The summed E-state index contributed by atoms with van der Waals surface area (Å²) in [5, 5.41) is 17.8. The molecule has 0 fully saturated rings. The van der Waals surface area contributed by atoms with Gasteiger partial charge in [-0.25, -0.2) is 0 Å². The molecule has 0 heterocycles. The van der Waals surface area contributed by atoms with Crippen molar-refractivity contribution in [3.63, 3.8) is 0 Å². The SMILES string of the molecule is CC(=O)[O-].CC(=O)[O-].[Na+].[Pb+2]. The molecule has 0 aromatic carbocycles. The van der Waals surface area contributed by atoms with Crippen LogP contribution >= 0.6 is 0 Å². The summed E-state index contributed by atoms with van der Waals surface area (Å²) in [6, 6.07) is 0. The van der Waals surface area contributed by atoms with Crippen molar-refractivity contribution in [3.05, 3.63) is 0 Å². The number of aliphatic carboxylic acids is 2. The minimum absolute atomic E-state index is 0. The summed E-state index contributed by atoms with van der Waals surface area (Å²) in [5.74, 6) is -2.17. The molecule has 0 amide bonds. The van der Waals surface area contributed by atoms with Crippen LogP contribution < -0.4 is 39.8 Å². The molecule has 0 bridgehead atoms. The summed E-state index contributed by atoms with van der Waals surface area (Å²) in [6.07, 6.45) is 0. The van der Waals surface area contributed by atoms with Gasteiger partial charge in [-0.3, -0.25) is 0 Å². The van der Waals surface area contributed by atoms with Crippen molar-refractivity contribution in [3.8, 4) is 0 Å². The standard InChI is InChI=1S/2C2H4O2.Na.Pb/c2*1-2(3)4;;/h2*1H3,(H,3,4);;/q;;+1;+2/p-2. The Morgan fingerprint density at radius 3 is 1.00 bits per heavy atom. The van der Waals surface area contributed by atoms with Gasteiger partial charge < -0.3 is 19.8 Å². The van der Waals surface area contributed by atoms with E-state index in [9.17, 15) is 0 Å². The average Bonchev–Trinajstić information content (AvgIpc) is 1.25. The average molecular weight is 348 g/mol. The Morgan fingerprint density at radius 2 is 1.00 bits per heavy atom. The van der Waals surface area contributed by atoms with Crippen LogP contribution in [0.25, 0.3) is 0 Å². The minimum Gasteiger partial charge on any atom is -0.550 e. The molecule has 0 aliphatic rings. The molecule has 0 rings (SSSR count). The molecule has 4 nitrogen and oxygen atoms in total. The van der Waals surface area contributed by atoms with E-state index in [-0.39, 0.29) is 56.9 Å². The van der Waals surface area contributed by atoms with E-state index >= 15 is 0 Å². The third-order valence-corrected chi connectivity index (χ3v) is 0. The summed E-state index contributed by atoms with van der Waals surface area (Å²) < 4.78 is 0. The molecular weight excluding hydrogens is 342 g/mol. The van der Waals surface area contributed by atoms with Crippen molar-refractivity contribution in [1.29, 1.82) is 0 Å². The molecule has 0 spiro atoms. The fourth-order valence-corrected chi connectivity index (χ4v) is 0. The van der Waals surface area contributed by atoms with Crippen molar-refractivity contribution in [2.24, 2.45) is 0 Å². The Balaban J connectivity index is -0.0000000300. The molecule has 0 unspecified atom stereocenters.